The van der Waals surface area contributed by atoms with Crippen molar-refractivity contribution in [3.8, 4) is 0 Å². The molecule has 1 amide bonds. The van der Waals surface area contributed by atoms with Gasteiger partial charge in [0.05, 0.1) is 41.8 Å². The summed E-state index contributed by atoms with van der Waals surface area (Å²) < 4.78 is 38.2. The predicted molar refractivity (Wildman–Crippen MR) is 119 cm³/mol. The van der Waals surface area contributed by atoms with Crippen molar-refractivity contribution >= 4 is 40.5 Å². The smallest absolute Gasteiger partial charge is 0.324 e. The number of carbonyl (C=O) groups excluding carboxylic acids is 1. The molecule has 33 heavy (non-hydrogen) atoms. The molecule has 0 spiro atoms. The zero-order valence-electron chi connectivity index (χ0n) is 16.9. The number of amides is 1. The van der Waals surface area contributed by atoms with Gasteiger partial charge in [-0.25, -0.2) is 4.98 Å². The van der Waals surface area contributed by atoms with E-state index in [-0.39, 0.29) is 23.3 Å². The number of halogens is 5. The van der Waals surface area contributed by atoms with Gasteiger partial charge in [-0.05, 0) is 42.0 Å². The number of nitrogens with one attached hydrogen (secondary N) is 1. The van der Waals surface area contributed by atoms with Gasteiger partial charge in [-0.3, -0.25) is 14.8 Å². The first-order valence-corrected chi connectivity index (χ1v) is 10.5. The number of anilines is 1. The van der Waals surface area contributed by atoms with Gasteiger partial charge in [0.15, 0.2) is 0 Å². The third-order valence-corrected chi connectivity index (χ3v) is 5.38. The molecule has 0 saturated carbocycles. The molecule has 0 radical (unpaired) electrons. The number of hydrazone groups is 1. The van der Waals surface area contributed by atoms with E-state index in [9.17, 15) is 18.0 Å². The summed E-state index contributed by atoms with van der Waals surface area (Å²) in [6.45, 7) is 0.254. The van der Waals surface area contributed by atoms with Gasteiger partial charge < -0.3 is 5.32 Å². The fourth-order valence-electron chi connectivity index (χ4n) is 3.38. The van der Waals surface area contributed by atoms with E-state index in [2.05, 4.69) is 20.4 Å². The molecular formula is C22H16Cl2F3N5O. The Hall–Kier alpha value is -3.17. The van der Waals surface area contributed by atoms with Crippen LogP contribution in [-0.4, -0.2) is 39.7 Å². The minimum Gasteiger partial charge on any atom is -0.324 e. The molecule has 0 aliphatic carbocycles. The standard InChI is InChI=1S/C22H16Cl2F3N5O/c23-15-5-1-13(2-6-15)21-17(18-9-29-19(24)10-28-18)11-32(31-21)12-20(33)30-16-7-3-14(4-8-16)22(25,26)27/h1-10,17H,11-12H2,(H,30,33). The summed E-state index contributed by atoms with van der Waals surface area (Å²) in [6.07, 6.45) is -1.44. The maximum absolute atomic E-state index is 12.7. The molecule has 1 atom stereocenters. The number of hydrogen-bond acceptors (Lipinski definition) is 5. The second-order valence-electron chi connectivity index (χ2n) is 7.28. The predicted octanol–water partition coefficient (Wildman–Crippen LogP) is 5.24. The lowest BCUT2D eigenvalue weighted by Crippen LogP contribution is -2.29. The van der Waals surface area contributed by atoms with Crippen LogP contribution in [0.4, 0.5) is 18.9 Å². The van der Waals surface area contributed by atoms with E-state index in [1.54, 1.807) is 23.3 Å². The third-order valence-electron chi connectivity index (χ3n) is 4.93. The summed E-state index contributed by atoms with van der Waals surface area (Å²) in [5, 5.41) is 9.59. The fraction of sp³-hybridized carbons (Fsp3) is 0.182. The van der Waals surface area contributed by atoms with E-state index in [4.69, 9.17) is 23.2 Å². The topological polar surface area (TPSA) is 70.5 Å². The van der Waals surface area contributed by atoms with Crippen molar-refractivity contribution in [1.82, 2.24) is 15.0 Å². The first-order valence-electron chi connectivity index (χ1n) is 9.73. The fourth-order valence-corrected chi connectivity index (χ4v) is 3.61. The molecule has 2 heterocycles. The molecule has 1 aliphatic heterocycles. The molecule has 0 bridgehead atoms. The highest BCUT2D eigenvalue weighted by Gasteiger charge is 2.32. The summed E-state index contributed by atoms with van der Waals surface area (Å²) >= 11 is 11.8. The highest BCUT2D eigenvalue weighted by atomic mass is 35.5. The molecule has 4 rings (SSSR count). The Morgan fingerprint density at radius 3 is 2.33 bits per heavy atom. The largest absolute Gasteiger partial charge is 0.416 e. The summed E-state index contributed by atoms with van der Waals surface area (Å²) in [5.74, 6) is -0.688. The van der Waals surface area contributed by atoms with Gasteiger partial charge in [0, 0.05) is 10.7 Å². The maximum atomic E-state index is 12.7. The van der Waals surface area contributed by atoms with Gasteiger partial charge >= 0.3 is 6.18 Å². The van der Waals surface area contributed by atoms with Gasteiger partial charge in [0.2, 0.25) is 5.91 Å². The van der Waals surface area contributed by atoms with Crippen LogP contribution in [-0.2, 0) is 11.0 Å². The summed E-state index contributed by atoms with van der Waals surface area (Å²) in [4.78, 5) is 20.9. The van der Waals surface area contributed by atoms with Crippen LogP contribution >= 0.6 is 23.2 Å². The van der Waals surface area contributed by atoms with E-state index < -0.39 is 17.6 Å². The van der Waals surface area contributed by atoms with Crippen LogP contribution < -0.4 is 5.32 Å². The van der Waals surface area contributed by atoms with E-state index in [0.717, 1.165) is 17.7 Å². The molecule has 1 aromatic heterocycles. The average Bonchev–Trinajstić information content (AvgIpc) is 3.18. The Labute approximate surface area is 197 Å². The van der Waals surface area contributed by atoms with Crippen LogP contribution in [0.2, 0.25) is 10.2 Å². The number of alkyl halides is 3. The van der Waals surface area contributed by atoms with Crippen molar-refractivity contribution in [2.24, 2.45) is 5.10 Å². The minimum absolute atomic E-state index is 0.102. The molecular weight excluding hydrogens is 478 g/mol. The van der Waals surface area contributed by atoms with Crippen molar-refractivity contribution in [3.63, 3.8) is 0 Å². The Balaban J connectivity index is 1.50. The zero-order valence-corrected chi connectivity index (χ0v) is 18.4. The number of nitrogens with zero attached hydrogens (tertiary/aromatic N) is 4. The Morgan fingerprint density at radius 1 is 1.03 bits per heavy atom. The summed E-state index contributed by atoms with van der Waals surface area (Å²) in [6, 6.07) is 11.4. The second kappa shape index (κ2) is 9.36. The van der Waals surface area contributed by atoms with Crippen molar-refractivity contribution < 1.29 is 18.0 Å². The van der Waals surface area contributed by atoms with E-state index in [1.807, 2.05) is 12.1 Å². The molecule has 2 aromatic carbocycles. The molecule has 0 fully saturated rings. The second-order valence-corrected chi connectivity index (χ2v) is 8.10. The SMILES string of the molecule is O=C(CN1CC(c2cnc(Cl)cn2)C(c2ccc(Cl)cc2)=N1)Nc1ccc(C(F)(F)F)cc1. The van der Waals surface area contributed by atoms with Crippen LogP contribution in [0.25, 0.3) is 0 Å². The number of aromatic nitrogens is 2. The Morgan fingerprint density at radius 2 is 1.73 bits per heavy atom. The quantitative estimate of drug-likeness (QED) is 0.527. The van der Waals surface area contributed by atoms with Crippen molar-refractivity contribution in [2.45, 2.75) is 12.1 Å². The molecule has 3 aromatic rings. The van der Waals surface area contributed by atoms with E-state index >= 15 is 0 Å². The average molecular weight is 494 g/mol. The number of benzene rings is 2. The van der Waals surface area contributed by atoms with E-state index in [0.29, 0.717) is 23.0 Å². The maximum Gasteiger partial charge on any atom is 0.416 e. The Bertz CT molecular complexity index is 1170. The van der Waals surface area contributed by atoms with Crippen molar-refractivity contribution in [1.29, 1.82) is 0 Å². The van der Waals surface area contributed by atoms with Crippen LogP contribution in [0.5, 0.6) is 0 Å². The van der Waals surface area contributed by atoms with Gasteiger partial charge in [0.25, 0.3) is 0 Å². The molecule has 0 saturated heterocycles. The molecule has 11 heteroatoms. The van der Waals surface area contributed by atoms with Crippen LogP contribution in [0, 0.1) is 0 Å². The third kappa shape index (κ3) is 5.61. The lowest BCUT2D eigenvalue weighted by molar-refractivity contribution is -0.137. The first kappa shape index (κ1) is 23.0. The molecule has 6 nitrogen and oxygen atoms in total. The minimum atomic E-state index is -4.44. The Kier molecular flexibility index (Phi) is 6.53. The van der Waals surface area contributed by atoms with Gasteiger partial charge in [-0.1, -0.05) is 35.3 Å². The number of carbonyl (C=O) groups is 1. The molecule has 1 aliphatic rings. The lowest BCUT2D eigenvalue weighted by Gasteiger charge is -2.16. The van der Waals surface area contributed by atoms with Crippen LogP contribution in [0.1, 0.15) is 22.7 Å². The zero-order chi connectivity index (χ0) is 23.6. The van der Waals surface area contributed by atoms with E-state index in [1.165, 1.54) is 18.3 Å². The van der Waals surface area contributed by atoms with Gasteiger partial charge in [-0.15, -0.1) is 0 Å². The molecule has 1 unspecified atom stereocenters. The summed E-state index contributed by atoms with van der Waals surface area (Å²) in [5.41, 5.74) is 1.61. The highest BCUT2D eigenvalue weighted by molar-refractivity contribution is 6.30. The van der Waals surface area contributed by atoms with Crippen LogP contribution in [0.15, 0.2) is 66.0 Å². The van der Waals surface area contributed by atoms with Crippen LogP contribution in [0.3, 0.4) is 0 Å². The normalized spacial score (nSPS) is 16.0. The first-order chi connectivity index (χ1) is 15.7. The number of hydrogen-bond donors (Lipinski definition) is 1. The molecule has 170 valence electrons. The number of rotatable bonds is 5. The van der Waals surface area contributed by atoms with Gasteiger partial charge in [0.1, 0.15) is 11.7 Å². The van der Waals surface area contributed by atoms with Gasteiger partial charge in [-0.2, -0.15) is 18.3 Å². The lowest BCUT2D eigenvalue weighted by atomic mass is 9.95. The molecule has 1 N–H and O–H groups in total. The summed E-state index contributed by atoms with van der Waals surface area (Å²) in [7, 11) is 0. The highest BCUT2D eigenvalue weighted by Crippen LogP contribution is 2.30. The van der Waals surface area contributed by atoms with Crippen molar-refractivity contribution in [3.05, 3.63) is 87.9 Å². The van der Waals surface area contributed by atoms with Crippen molar-refractivity contribution in [2.75, 3.05) is 18.4 Å². The monoisotopic (exact) mass is 493 g/mol.